The van der Waals surface area contributed by atoms with E-state index >= 15 is 0 Å². The Bertz CT molecular complexity index is 261. The fourth-order valence-electron chi connectivity index (χ4n) is 4.08. The van der Waals surface area contributed by atoms with Crippen molar-refractivity contribution in [3.63, 3.8) is 0 Å². The van der Waals surface area contributed by atoms with Crippen LogP contribution in [0.25, 0.3) is 0 Å². The molecule has 0 amide bonds. The van der Waals surface area contributed by atoms with Crippen LogP contribution in [0.5, 0.6) is 0 Å². The Morgan fingerprint density at radius 3 is 2.82 bits per heavy atom. The van der Waals surface area contributed by atoms with Crippen molar-refractivity contribution in [2.24, 2.45) is 11.7 Å². The minimum atomic E-state index is -0.0562. The Kier molecular flexibility index (Phi) is 3.42. The number of piperidine rings is 1. The van der Waals surface area contributed by atoms with Crippen LogP contribution in [0.15, 0.2) is 0 Å². The van der Waals surface area contributed by atoms with Crippen molar-refractivity contribution in [3.8, 4) is 0 Å². The first-order valence-electron chi connectivity index (χ1n) is 7.38. The Balaban J connectivity index is 1.64. The van der Waals surface area contributed by atoms with Gasteiger partial charge in [-0.3, -0.25) is 4.90 Å². The van der Waals surface area contributed by atoms with Gasteiger partial charge in [-0.25, -0.2) is 0 Å². The van der Waals surface area contributed by atoms with Crippen molar-refractivity contribution in [2.45, 2.75) is 56.5 Å². The second kappa shape index (κ2) is 4.87. The van der Waals surface area contributed by atoms with E-state index in [-0.39, 0.29) is 5.54 Å². The largest absolute Gasteiger partial charge is 0.379 e. The summed E-state index contributed by atoms with van der Waals surface area (Å²) < 4.78 is 5.49. The lowest BCUT2D eigenvalue weighted by Gasteiger charge is -2.46. The van der Waals surface area contributed by atoms with Gasteiger partial charge in [-0.2, -0.15) is 0 Å². The maximum atomic E-state index is 6.45. The molecule has 1 unspecified atom stereocenters. The van der Waals surface area contributed by atoms with E-state index in [4.69, 9.17) is 10.5 Å². The summed E-state index contributed by atoms with van der Waals surface area (Å²) in [6.45, 7) is 3.95. The van der Waals surface area contributed by atoms with Gasteiger partial charge in [-0.1, -0.05) is 12.8 Å². The van der Waals surface area contributed by atoms with Crippen molar-refractivity contribution in [1.82, 2.24) is 4.90 Å². The molecule has 1 aliphatic carbocycles. The molecule has 0 spiro atoms. The quantitative estimate of drug-likeness (QED) is 0.796. The van der Waals surface area contributed by atoms with Gasteiger partial charge in [0.05, 0.1) is 12.1 Å². The molecule has 2 saturated heterocycles. The number of hydrogen-bond donors (Lipinski definition) is 1. The van der Waals surface area contributed by atoms with Crippen LogP contribution >= 0.6 is 0 Å². The van der Waals surface area contributed by atoms with Crippen molar-refractivity contribution < 1.29 is 4.74 Å². The van der Waals surface area contributed by atoms with E-state index < -0.39 is 0 Å². The molecular formula is C14H26N2O. The van der Waals surface area contributed by atoms with E-state index in [9.17, 15) is 0 Å². The number of hydrogen-bond acceptors (Lipinski definition) is 3. The molecule has 2 heterocycles. The standard InChI is InChI=1S/C14H26N2O/c15-14(7-9-17-11-14)10-16-8-3-5-12-4-1-2-6-13(12)16/h12-13H,1-11,15H2/t12-,13-,14?/m1/s1. The first kappa shape index (κ1) is 11.9. The van der Waals surface area contributed by atoms with Crippen molar-refractivity contribution >= 4 is 0 Å². The van der Waals surface area contributed by atoms with E-state index in [0.717, 1.165) is 38.1 Å². The van der Waals surface area contributed by atoms with Gasteiger partial charge in [0.1, 0.15) is 0 Å². The third-order valence-corrected chi connectivity index (χ3v) is 5.01. The SMILES string of the molecule is NC1(CN2CCC[C@H]3CCCC[C@H]32)CCOC1. The van der Waals surface area contributed by atoms with E-state index in [1.165, 1.54) is 45.1 Å². The normalized spacial score (nSPS) is 43.6. The lowest BCUT2D eigenvalue weighted by molar-refractivity contribution is 0.0396. The molecule has 3 nitrogen and oxygen atoms in total. The molecule has 3 atom stereocenters. The average molecular weight is 238 g/mol. The van der Waals surface area contributed by atoms with E-state index in [0.29, 0.717) is 0 Å². The molecule has 3 rings (SSSR count). The molecule has 0 bridgehead atoms. The van der Waals surface area contributed by atoms with E-state index in [2.05, 4.69) is 4.90 Å². The molecule has 2 aliphatic heterocycles. The number of rotatable bonds is 2. The lowest BCUT2D eigenvalue weighted by atomic mass is 9.77. The highest BCUT2D eigenvalue weighted by molar-refractivity contribution is 4.96. The molecule has 3 aliphatic rings. The molecule has 1 saturated carbocycles. The molecule has 2 N–H and O–H groups in total. The summed E-state index contributed by atoms with van der Waals surface area (Å²) in [5.74, 6) is 0.962. The Hall–Kier alpha value is -0.120. The van der Waals surface area contributed by atoms with Gasteiger partial charge < -0.3 is 10.5 Å². The number of ether oxygens (including phenoxy) is 1. The molecule has 0 radical (unpaired) electrons. The maximum Gasteiger partial charge on any atom is 0.0659 e. The first-order chi connectivity index (χ1) is 8.27. The van der Waals surface area contributed by atoms with Crippen LogP contribution in [-0.4, -0.2) is 42.8 Å². The zero-order valence-corrected chi connectivity index (χ0v) is 10.9. The molecule has 3 heteroatoms. The van der Waals surface area contributed by atoms with Crippen LogP contribution in [0, 0.1) is 5.92 Å². The van der Waals surface area contributed by atoms with Crippen LogP contribution in [0.2, 0.25) is 0 Å². The molecule has 17 heavy (non-hydrogen) atoms. The Labute approximate surface area is 105 Å². The summed E-state index contributed by atoms with van der Waals surface area (Å²) in [7, 11) is 0. The number of nitrogens with two attached hydrogens (primary N) is 1. The summed E-state index contributed by atoms with van der Waals surface area (Å²) >= 11 is 0. The van der Waals surface area contributed by atoms with Crippen LogP contribution in [0.4, 0.5) is 0 Å². The van der Waals surface area contributed by atoms with Gasteiger partial charge in [0, 0.05) is 19.2 Å². The Morgan fingerprint density at radius 1 is 1.18 bits per heavy atom. The van der Waals surface area contributed by atoms with E-state index in [1.54, 1.807) is 0 Å². The topological polar surface area (TPSA) is 38.5 Å². The van der Waals surface area contributed by atoms with Crippen molar-refractivity contribution in [2.75, 3.05) is 26.3 Å². The molecule has 3 fully saturated rings. The molecule has 0 aromatic rings. The zero-order valence-electron chi connectivity index (χ0n) is 10.9. The number of nitrogens with zero attached hydrogens (tertiary/aromatic N) is 1. The molecule has 0 aromatic carbocycles. The van der Waals surface area contributed by atoms with Gasteiger partial charge in [0.25, 0.3) is 0 Å². The summed E-state index contributed by atoms with van der Waals surface area (Å²) in [6.07, 6.45) is 9.60. The van der Waals surface area contributed by atoms with Crippen LogP contribution < -0.4 is 5.73 Å². The highest BCUT2D eigenvalue weighted by atomic mass is 16.5. The molecule has 98 valence electrons. The fourth-order valence-corrected chi connectivity index (χ4v) is 4.08. The third-order valence-electron chi connectivity index (χ3n) is 5.01. The second-order valence-electron chi connectivity index (χ2n) is 6.39. The van der Waals surface area contributed by atoms with Gasteiger partial charge in [0.15, 0.2) is 0 Å². The second-order valence-corrected chi connectivity index (χ2v) is 6.39. The van der Waals surface area contributed by atoms with Gasteiger partial charge in [0.2, 0.25) is 0 Å². The van der Waals surface area contributed by atoms with Crippen LogP contribution in [0.3, 0.4) is 0 Å². The maximum absolute atomic E-state index is 6.45. The predicted molar refractivity (Wildman–Crippen MR) is 68.9 cm³/mol. The van der Waals surface area contributed by atoms with Crippen LogP contribution in [0.1, 0.15) is 44.9 Å². The van der Waals surface area contributed by atoms with Gasteiger partial charge in [-0.15, -0.1) is 0 Å². The summed E-state index contributed by atoms with van der Waals surface area (Å²) in [6, 6.07) is 0.832. The highest BCUT2D eigenvalue weighted by Crippen LogP contribution is 2.36. The summed E-state index contributed by atoms with van der Waals surface area (Å²) in [4.78, 5) is 2.70. The number of fused-ring (bicyclic) bond motifs is 1. The third kappa shape index (κ3) is 2.51. The van der Waals surface area contributed by atoms with Gasteiger partial charge in [-0.05, 0) is 44.6 Å². The predicted octanol–water partition coefficient (Wildman–Crippen LogP) is 1.76. The zero-order chi connectivity index (χ0) is 11.7. The summed E-state index contributed by atoms with van der Waals surface area (Å²) in [5.41, 5.74) is 6.39. The smallest absolute Gasteiger partial charge is 0.0659 e. The number of likely N-dealkylation sites (tertiary alicyclic amines) is 1. The molecular weight excluding hydrogens is 212 g/mol. The molecule has 0 aromatic heterocycles. The monoisotopic (exact) mass is 238 g/mol. The minimum Gasteiger partial charge on any atom is -0.379 e. The van der Waals surface area contributed by atoms with E-state index in [1.807, 2.05) is 0 Å². The first-order valence-corrected chi connectivity index (χ1v) is 7.38. The Morgan fingerprint density at radius 2 is 2.00 bits per heavy atom. The highest BCUT2D eigenvalue weighted by Gasteiger charge is 2.38. The fraction of sp³-hybridized carbons (Fsp3) is 1.00. The minimum absolute atomic E-state index is 0.0562. The average Bonchev–Trinajstić information content (AvgIpc) is 2.76. The van der Waals surface area contributed by atoms with Crippen molar-refractivity contribution in [1.29, 1.82) is 0 Å². The van der Waals surface area contributed by atoms with Crippen LogP contribution in [-0.2, 0) is 4.74 Å². The van der Waals surface area contributed by atoms with Crippen molar-refractivity contribution in [3.05, 3.63) is 0 Å². The summed E-state index contributed by atoms with van der Waals surface area (Å²) in [5, 5.41) is 0. The lowest BCUT2D eigenvalue weighted by Crippen LogP contribution is -2.57. The van der Waals surface area contributed by atoms with Gasteiger partial charge >= 0.3 is 0 Å².